The van der Waals surface area contributed by atoms with Crippen molar-refractivity contribution in [3.8, 4) is 17.6 Å². The first-order valence-electron chi connectivity index (χ1n) is 6.96. The van der Waals surface area contributed by atoms with Crippen LogP contribution in [0.4, 0.5) is 0 Å². The highest BCUT2D eigenvalue weighted by Gasteiger charge is 2.50. The highest BCUT2D eigenvalue weighted by atomic mass is 79.9. The van der Waals surface area contributed by atoms with Crippen molar-refractivity contribution in [1.29, 1.82) is 5.26 Å². The van der Waals surface area contributed by atoms with E-state index in [4.69, 9.17) is 9.47 Å². The molecule has 0 radical (unpaired) electrons. The van der Waals surface area contributed by atoms with Gasteiger partial charge in [0.25, 0.3) is 0 Å². The molecule has 1 aliphatic heterocycles. The third-order valence-electron chi connectivity index (χ3n) is 4.30. The van der Waals surface area contributed by atoms with E-state index in [9.17, 15) is 5.26 Å². The molecule has 3 rings (SSSR count). The fraction of sp³-hybridized carbons (Fsp3) is 0.353. The monoisotopic (exact) mass is 345 g/mol. The molecule has 0 bridgehead atoms. The highest BCUT2D eigenvalue weighted by molar-refractivity contribution is 9.11. The lowest BCUT2D eigenvalue weighted by Gasteiger charge is -2.32. The zero-order valence-corrected chi connectivity index (χ0v) is 13.4. The number of methoxy groups -OCH3 is 1. The van der Waals surface area contributed by atoms with Gasteiger partial charge in [0.15, 0.2) is 11.5 Å². The molecular formula is C17H16BrNO2. The first-order chi connectivity index (χ1) is 10.3. The summed E-state index contributed by atoms with van der Waals surface area (Å²) in [5.74, 6) is 1.52. The Hall–Kier alpha value is -1.73. The Bertz CT molecular complexity index is 659. The summed E-state index contributed by atoms with van der Waals surface area (Å²) >= 11 is 3.34. The summed E-state index contributed by atoms with van der Waals surface area (Å²) in [6.45, 7) is 0. The number of nitriles is 1. The van der Waals surface area contributed by atoms with Gasteiger partial charge < -0.3 is 9.47 Å². The summed E-state index contributed by atoms with van der Waals surface area (Å²) < 4.78 is 11.7. The molecule has 0 amide bonds. The second kappa shape index (κ2) is 5.57. The summed E-state index contributed by atoms with van der Waals surface area (Å²) in [6, 6.07) is 6.27. The first kappa shape index (κ1) is 14.2. The van der Waals surface area contributed by atoms with Crippen LogP contribution >= 0.6 is 15.9 Å². The molecule has 1 aliphatic carbocycles. The Kier molecular flexibility index (Phi) is 3.77. The van der Waals surface area contributed by atoms with Gasteiger partial charge in [-0.05, 0) is 35.5 Å². The molecule has 0 aromatic heterocycles. The van der Waals surface area contributed by atoms with Crippen molar-refractivity contribution < 1.29 is 9.47 Å². The maximum atomic E-state index is 9.34. The van der Waals surface area contributed by atoms with Crippen LogP contribution in [-0.2, 0) is 5.41 Å². The molecule has 1 aromatic rings. The smallest absolute Gasteiger partial charge is 0.166 e. The molecule has 1 aromatic carbocycles. The molecule has 0 unspecified atom stereocenters. The normalized spacial score (nSPS) is 26.0. The van der Waals surface area contributed by atoms with E-state index >= 15 is 0 Å². The van der Waals surface area contributed by atoms with E-state index in [-0.39, 0.29) is 11.5 Å². The van der Waals surface area contributed by atoms with Crippen molar-refractivity contribution in [3.05, 3.63) is 40.4 Å². The van der Waals surface area contributed by atoms with Gasteiger partial charge in [0.1, 0.15) is 6.10 Å². The van der Waals surface area contributed by atoms with Crippen molar-refractivity contribution in [3.63, 3.8) is 0 Å². The van der Waals surface area contributed by atoms with Crippen molar-refractivity contribution in [1.82, 2.24) is 0 Å². The third-order valence-corrected chi connectivity index (χ3v) is 4.56. The van der Waals surface area contributed by atoms with E-state index in [0.717, 1.165) is 35.5 Å². The number of rotatable bonds is 3. The van der Waals surface area contributed by atoms with Crippen LogP contribution in [-0.4, -0.2) is 13.2 Å². The van der Waals surface area contributed by atoms with Gasteiger partial charge in [0.05, 0.1) is 25.0 Å². The van der Waals surface area contributed by atoms with Crippen LogP contribution in [0.1, 0.15) is 30.4 Å². The summed E-state index contributed by atoms with van der Waals surface area (Å²) in [5.41, 5.74) is 1.77. The van der Waals surface area contributed by atoms with Gasteiger partial charge in [-0.3, -0.25) is 0 Å². The van der Waals surface area contributed by atoms with Crippen LogP contribution in [0.2, 0.25) is 0 Å². The fourth-order valence-corrected chi connectivity index (χ4v) is 3.68. The van der Waals surface area contributed by atoms with Gasteiger partial charge in [-0.1, -0.05) is 34.1 Å². The SMILES string of the molecule is COc1ccc(/C=C\Br)c2c1O[C@H]1CCC=C[C@@]21CC#N. The van der Waals surface area contributed by atoms with E-state index in [1.165, 1.54) is 0 Å². The van der Waals surface area contributed by atoms with Crippen LogP contribution in [0.3, 0.4) is 0 Å². The predicted molar refractivity (Wildman–Crippen MR) is 85.7 cm³/mol. The van der Waals surface area contributed by atoms with Crippen molar-refractivity contribution in [2.45, 2.75) is 30.8 Å². The quantitative estimate of drug-likeness (QED) is 0.766. The van der Waals surface area contributed by atoms with Gasteiger partial charge in [-0.25, -0.2) is 0 Å². The zero-order chi connectivity index (χ0) is 14.9. The number of benzene rings is 1. The molecule has 108 valence electrons. The van der Waals surface area contributed by atoms with E-state index in [0.29, 0.717) is 6.42 Å². The second-order valence-corrected chi connectivity index (χ2v) is 5.84. The molecule has 2 aliphatic rings. The van der Waals surface area contributed by atoms with Crippen LogP contribution in [0.15, 0.2) is 29.3 Å². The Labute approximate surface area is 133 Å². The van der Waals surface area contributed by atoms with E-state index in [1.54, 1.807) is 7.11 Å². The van der Waals surface area contributed by atoms with E-state index < -0.39 is 0 Å². The van der Waals surface area contributed by atoms with Gasteiger partial charge in [-0.15, -0.1) is 0 Å². The van der Waals surface area contributed by atoms with Gasteiger partial charge in [0, 0.05) is 5.56 Å². The molecule has 2 atom stereocenters. The maximum absolute atomic E-state index is 9.34. The minimum atomic E-state index is -0.362. The standard InChI is InChI=1S/C17H16BrNO2/c1-20-13-6-5-12(7-10-18)15-16(13)21-14-4-2-3-8-17(14,15)9-11-19/h3,5-8,10,14H,2,4,9H2,1H3/b10-7-/t14-,17-/m0/s1. The van der Waals surface area contributed by atoms with Crippen molar-refractivity contribution in [2.24, 2.45) is 0 Å². The summed E-state index contributed by atoms with van der Waals surface area (Å²) in [7, 11) is 1.65. The van der Waals surface area contributed by atoms with E-state index in [2.05, 4.69) is 34.2 Å². The average Bonchev–Trinajstić information content (AvgIpc) is 2.83. The number of hydrogen-bond acceptors (Lipinski definition) is 3. The number of nitrogens with zero attached hydrogens (tertiary/aromatic N) is 1. The Morgan fingerprint density at radius 2 is 2.43 bits per heavy atom. The molecule has 3 nitrogen and oxygen atoms in total. The number of halogens is 1. The maximum Gasteiger partial charge on any atom is 0.166 e. The summed E-state index contributed by atoms with van der Waals surface area (Å²) in [5, 5.41) is 9.34. The molecule has 4 heteroatoms. The number of hydrogen-bond donors (Lipinski definition) is 0. The molecule has 0 saturated carbocycles. The Balaban J connectivity index is 2.28. The highest BCUT2D eigenvalue weighted by Crippen LogP contribution is 2.54. The Morgan fingerprint density at radius 1 is 1.57 bits per heavy atom. The summed E-state index contributed by atoms with van der Waals surface area (Å²) in [6.07, 6.45) is 8.64. The molecule has 0 spiro atoms. The van der Waals surface area contributed by atoms with Crippen molar-refractivity contribution >= 4 is 22.0 Å². The molecular weight excluding hydrogens is 330 g/mol. The third kappa shape index (κ3) is 2.08. The van der Waals surface area contributed by atoms with Crippen LogP contribution < -0.4 is 9.47 Å². The molecule has 1 heterocycles. The second-order valence-electron chi connectivity index (χ2n) is 5.32. The van der Waals surface area contributed by atoms with Crippen LogP contribution in [0.25, 0.3) is 6.08 Å². The topological polar surface area (TPSA) is 42.2 Å². The number of fused-ring (bicyclic) bond motifs is 3. The fourth-order valence-electron chi connectivity index (χ4n) is 3.39. The minimum Gasteiger partial charge on any atom is -0.493 e. The molecule has 0 fully saturated rings. The van der Waals surface area contributed by atoms with Crippen molar-refractivity contribution in [2.75, 3.05) is 7.11 Å². The Morgan fingerprint density at radius 3 is 3.14 bits per heavy atom. The lowest BCUT2D eigenvalue weighted by molar-refractivity contribution is 0.153. The van der Waals surface area contributed by atoms with Gasteiger partial charge in [0.2, 0.25) is 0 Å². The lowest BCUT2D eigenvalue weighted by atomic mass is 9.69. The first-order valence-corrected chi connectivity index (χ1v) is 7.88. The lowest BCUT2D eigenvalue weighted by Crippen LogP contribution is -2.38. The summed E-state index contributed by atoms with van der Waals surface area (Å²) in [4.78, 5) is 1.83. The van der Waals surface area contributed by atoms with Crippen LogP contribution in [0, 0.1) is 11.3 Å². The zero-order valence-electron chi connectivity index (χ0n) is 11.8. The molecule has 0 N–H and O–H groups in total. The average molecular weight is 346 g/mol. The van der Waals surface area contributed by atoms with Crippen LogP contribution in [0.5, 0.6) is 11.5 Å². The van der Waals surface area contributed by atoms with Gasteiger partial charge in [-0.2, -0.15) is 5.26 Å². The predicted octanol–water partition coefficient (Wildman–Crippen LogP) is 4.32. The number of allylic oxidation sites excluding steroid dienone is 1. The largest absolute Gasteiger partial charge is 0.493 e. The van der Waals surface area contributed by atoms with E-state index in [1.807, 2.05) is 23.2 Å². The number of ether oxygens (including phenoxy) is 2. The molecule has 0 saturated heterocycles. The molecule has 21 heavy (non-hydrogen) atoms. The van der Waals surface area contributed by atoms with Gasteiger partial charge >= 0.3 is 0 Å². The minimum absolute atomic E-state index is 0.0101.